The van der Waals surface area contributed by atoms with E-state index >= 15 is 0 Å². The zero-order valence-corrected chi connectivity index (χ0v) is 18.9. The van der Waals surface area contributed by atoms with E-state index in [0.29, 0.717) is 39.4 Å². The second-order valence-electron chi connectivity index (χ2n) is 7.41. The Kier molecular flexibility index (Phi) is 7.73. The molecule has 166 valence electrons. The first kappa shape index (κ1) is 23.2. The number of halogens is 1. The van der Waals surface area contributed by atoms with Gasteiger partial charge in [0.2, 0.25) is 0 Å². The normalized spacial score (nSPS) is 10.5. The monoisotopic (exact) mass is 452 g/mol. The molecule has 0 aromatic heterocycles. The van der Waals surface area contributed by atoms with Crippen molar-refractivity contribution in [3.8, 4) is 11.5 Å². The van der Waals surface area contributed by atoms with Gasteiger partial charge in [-0.3, -0.25) is 9.59 Å². The van der Waals surface area contributed by atoms with Crippen molar-refractivity contribution >= 4 is 34.8 Å². The number of amides is 2. The van der Waals surface area contributed by atoms with Crippen molar-refractivity contribution in [2.24, 2.45) is 0 Å². The number of hydrogen-bond acceptors (Lipinski definition) is 4. The minimum atomic E-state index is -0.359. The first-order valence-electron chi connectivity index (χ1n) is 10.1. The molecule has 3 aromatic carbocycles. The van der Waals surface area contributed by atoms with Crippen molar-refractivity contribution < 1.29 is 19.1 Å². The summed E-state index contributed by atoms with van der Waals surface area (Å²) in [5.74, 6) is 0.781. The second-order valence-corrected chi connectivity index (χ2v) is 7.82. The molecule has 0 aliphatic carbocycles. The van der Waals surface area contributed by atoms with Gasteiger partial charge in [-0.1, -0.05) is 49.7 Å². The van der Waals surface area contributed by atoms with Crippen LogP contribution in [0.25, 0.3) is 0 Å². The van der Waals surface area contributed by atoms with Crippen LogP contribution in [0.2, 0.25) is 5.02 Å². The van der Waals surface area contributed by atoms with E-state index in [1.165, 1.54) is 12.7 Å². The molecule has 0 aliphatic heterocycles. The van der Waals surface area contributed by atoms with Crippen molar-refractivity contribution in [2.45, 2.75) is 19.8 Å². The first-order valence-corrected chi connectivity index (χ1v) is 10.5. The highest BCUT2D eigenvalue weighted by molar-refractivity contribution is 6.34. The van der Waals surface area contributed by atoms with Gasteiger partial charge in [0.25, 0.3) is 11.8 Å². The summed E-state index contributed by atoms with van der Waals surface area (Å²) < 4.78 is 10.9. The Hall–Kier alpha value is -3.51. The standard InChI is InChI=1S/C25H25ClN2O4/c1-16(2)17-8-11-19(12-9-17)32-15-24(29)27-18-10-13-22(23(14-18)31-3)28-25(30)20-6-4-5-7-21(20)26/h4-14,16H,15H2,1-3H3,(H,27,29)(H,28,30). The lowest BCUT2D eigenvalue weighted by molar-refractivity contribution is -0.118. The van der Waals surface area contributed by atoms with Gasteiger partial charge in [-0.25, -0.2) is 0 Å². The van der Waals surface area contributed by atoms with Gasteiger partial charge >= 0.3 is 0 Å². The number of carbonyl (C=O) groups excluding carboxylic acids is 2. The minimum Gasteiger partial charge on any atom is -0.494 e. The maximum Gasteiger partial charge on any atom is 0.262 e. The molecule has 7 heteroatoms. The molecule has 6 nitrogen and oxygen atoms in total. The average molecular weight is 453 g/mol. The molecule has 3 rings (SSSR count). The van der Waals surface area contributed by atoms with Crippen molar-refractivity contribution in [3.63, 3.8) is 0 Å². The summed E-state index contributed by atoms with van der Waals surface area (Å²) in [5.41, 5.74) is 2.53. The third-order valence-electron chi connectivity index (χ3n) is 4.77. The number of nitrogens with one attached hydrogen (secondary N) is 2. The topological polar surface area (TPSA) is 76.7 Å². The van der Waals surface area contributed by atoms with E-state index in [2.05, 4.69) is 24.5 Å². The summed E-state index contributed by atoms with van der Waals surface area (Å²) in [6.07, 6.45) is 0. The maximum atomic E-state index is 12.5. The second kappa shape index (κ2) is 10.7. The SMILES string of the molecule is COc1cc(NC(=O)COc2ccc(C(C)C)cc2)ccc1NC(=O)c1ccccc1Cl. The summed E-state index contributed by atoms with van der Waals surface area (Å²) >= 11 is 6.09. The van der Waals surface area contributed by atoms with Crippen LogP contribution in [-0.2, 0) is 4.79 Å². The van der Waals surface area contributed by atoms with E-state index in [9.17, 15) is 9.59 Å². The molecule has 0 spiro atoms. The van der Waals surface area contributed by atoms with Crippen LogP contribution in [0.5, 0.6) is 11.5 Å². The highest BCUT2D eigenvalue weighted by Gasteiger charge is 2.14. The number of benzene rings is 3. The van der Waals surface area contributed by atoms with Gasteiger partial charge < -0.3 is 20.1 Å². The van der Waals surface area contributed by atoms with Gasteiger partial charge in [-0.05, 0) is 47.9 Å². The summed E-state index contributed by atoms with van der Waals surface area (Å²) in [7, 11) is 1.48. The molecule has 2 N–H and O–H groups in total. The van der Waals surface area contributed by atoms with Crippen LogP contribution in [0.15, 0.2) is 66.7 Å². The molecule has 3 aromatic rings. The van der Waals surface area contributed by atoms with Gasteiger partial charge in [0.15, 0.2) is 6.61 Å². The molecule has 0 fully saturated rings. The number of carbonyl (C=O) groups is 2. The van der Waals surface area contributed by atoms with Crippen LogP contribution in [0, 0.1) is 0 Å². The Bertz CT molecular complexity index is 1100. The van der Waals surface area contributed by atoms with Gasteiger partial charge in [0.1, 0.15) is 11.5 Å². The summed E-state index contributed by atoms with van der Waals surface area (Å²) in [5, 5.41) is 5.89. The van der Waals surface area contributed by atoms with E-state index < -0.39 is 0 Å². The Balaban J connectivity index is 1.60. The molecule has 0 atom stereocenters. The lowest BCUT2D eigenvalue weighted by atomic mass is 10.0. The lowest BCUT2D eigenvalue weighted by Crippen LogP contribution is -2.20. The third kappa shape index (κ3) is 6.02. The summed E-state index contributed by atoms with van der Waals surface area (Å²) in [6.45, 7) is 4.10. The van der Waals surface area contributed by atoms with Crippen molar-refractivity contribution in [1.29, 1.82) is 0 Å². The fourth-order valence-electron chi connectivity index (χ4n) is 3.00. The van der Waals surface area contributed by atoms with Crippen LogP contribution in [-0.4, -0.2) is 25.5 Å². The summed E-state index contributed by atoms with van der Waals surface area (Å²) in [6, 6.07) is 19.4. The Labute approximate surface area is 192 Å². The maximum absolute atomic E-state index is 12.5. The number of hydrogen-bond donors (Lipinski definition) is 2. The van der Waals surface area contributed by atoms with Gasteiger partial charge in [-0.2, -0.15) is 0 Å². The van der Waals surface area contributed by atoms with Crippen LogP contribution in [0.4, 0.5) is 11.4 Å². The van der Waals surface area contributed by atoms with Gasteiger partial charge in [-0.15, -0.1) is 0 Å². The van der Waals surface area contributed by atoms with E-state index in [1.54, 1.807) is 42.5 Å². The van der Waals surface area contributed by atoms with Gasteiger partial charge in [0, 0.05) is 11.8 Å². The molecule has 0 heterocycles. The van der Waals surface area contributed by atoms with E-state index in [0.717, 1.165) is 0 Å². The van der Waals surface area contributed by atoms with Crippen LogP contribution in [0.1, 0.15) is 35.7 Å². The molecule has 0 unspecified atom stereocenters. The van der Waals surface area contributed by atoms with Crippen LogP contribution >= 0.6 is 11.6 Å². The fourth-order valence-corrected chi connectivity index (χ4v) is 3.22. The van der Waals surface area contributed by atoms with Crippen LogP contribution < -0.4 is 20.1 Å². The molecule has 32 heavy (non-hydrogen) atoms. The Morgan fingerprint density at radius 3 is 2.34 bits per heavy atom. The molecule has 0 radical (unpaired) electrons. The third-order valence-corrected chi connectivity index (χ3v) is 5.10. The largest absolute Gasteiger partial charge is 0.494 e. The highest BCUT2D eigenvalue weighted by Crippen LogP contribution is 2.29. The predicted molar refractivity (Wildman–Crippen MR) is 127 cm³/mol. The predicted octanol–water partition coefficient (Wildman–Crippen LogP) is 5.74. The smallest absolute Gasteiger partial charge is 0.262 e. The molecule has 0 bridgehead atoms. The quantitative estimate of drug-likeness (QED) is 0.456. The minimum absolute atomic E-state index is 0.131. The Morgan fingerprint density at radius 1 is 0.969 bits per heavy atom. The van der Waals surface area contributed by atoms with Gasteiger partial charge in [0.05, 0.1) is 23.4 Å². The number of methoxy groups -OCH3 is 1. The number of anilines is 2. The average Bonchev–Trinajstić information content (AvgIpc) is 2.79. The molecule has 0 saturated heterocycles. The first-order chi connectivity index (χ1) is 15.4. The van der Waals surface area contributed by atoms with Crippen molar-refractivity contribution in [3.05, 3.63) is 82.9 Å². The lowest BCUT2D eigenvalue weighted by Gasteiger charge is -2.13. The zero-order chi connectivity index (χ0) is 23.1. The molecule has 0 saturated carbocycles. The Morgan fingerprint density at radius 2 is 1.69 bits per heavy atom. The highest BCUT2D eigenvalue weighted by atomic mass is 35.5. The summed E-state index contributed by atoms with van der Waals surface area (Å²) in [4.78, 5) is 24.8. The molecule has 0 aliphatic rings. The molecule has 2 amide bonds. The van der Waals surface area contributed by atoms with Crippen molar-refractivity contribution in [1.82, 2.24) is 0 Å². The van der Waals surface area contributed by atoms with E-state index in [4.69, 9.17) is 21.1 Å². The molecular weight excluding hydrogens is 428 g/mol. The fraction of sp³-hybridized carbons (Fsp3) is 0.200. The van der Waals surface area contributed by atoms with Crippen LogP contribution in [0.3, 0.4) is 0 Å². The zero-order valence-electron chi connectivity index (χ0n) is 18.1. The van der Waals surface area contributed by atoms with E-state index in [-0.39, 0.29) is 18.4 Å². The number of rotatable bonds is 8. The number of ether oxygens (including phenoxy) is 2. The molecular formula is C25H25ClN2O4. The van der Waals surface area contributed by atoms with Crippen molar-refractivity contribution in [2.75, 3.05) is 24.4 Å². The van der Waals surface area contributed by atoms with E-state index in [1.807, 2.05) is 24.3 Å².